The lowest BCUT2D eigenvalue weighted by molar-refractivity contribution is -0.126. The number of carbonyl (C=O) groups excluding carboxylic acids is 2. The number of rotatable bonds is 6. The van der Waals surface area contributed by atoms with Gasteiger partial charge in [-0.2, -0.15) is 0 Å². The van der Waals surface area contributed by atoms with E-state index in [0.717, 1.165) is 32.0 Å². The van der Waals surface area contributed by atoms with Gasteiger partial charge in [-0.1, -0.05) is 18.5 Å². The highest BCUT2D eigenvalue weighted by molar-refractivity contribution is 6.31. The lowest BCUT2D eigenvalue weighted by Gasteiger charge is -2.30. The fourth-order valence-corrected chi connectivity index (χ4v) is 3.90. The largest absolute Gasteiger partial charge is 0.356 e. The van der Waals surface area contributed by atoms with Crippen molar-refractivity contribution < 1.29 is 14.0 Å². The summed E-state index contributed by atoms with van der Waals surface area (Å²) in [6.07, 6.45) is 3.59. The molecule has 7 heteroatoms. The molecule has 0 aliphatic carbocycles. The molecule has 2 aliphatic rings. The van der Waals surface area contributed by atoms with E-state index in [1.54, 1.807) is 0 Å². The fourth-order valence-electron chi connectivity index (χ4n) is 3.73. The van der Waals surface area contributed by atoms with Gasteiger partial charge in [0.2, 0.25) is 11.8 Å². The first kappa shape index (κ1) is 20.1. The van der Waals surface area contributed by atoms with Crippen LogP contribution in [-0.4, -0.2) is 49.4 Å². The lowest BCUT2D eigenvalue weighted by atomic mass is 9.99. The van der Waals surface area contributed by atoms with Crippen LogP contribution >= 0.6 is 11.6 Å². The van der Waals surface area contributed by atoms with Gasteiger partial charge in [0.1, 0.15) is 5.82 Å². The third-order valence-electron chi connectivity index (χ3n) is 5.54. The minimum Gasteiger partial charge on any atom is -0.356 e. The third kappa shape index (κ3) is 5.20. The van der Waals surface area contributed by atoms with Crippen LogP contribution in [0.15, 0.2) is 18.2 Å². The minimum atomic E-state index is -0.524. The Bertz CT molecular complexity index is 692. The molecule has 27 heavy (non-hydrogen) atoms. The van der Waals surface area contributed by atoms with Crippen LogP contribution in [0.25, 0.3) is 0 Å². The highest BCUT2D eigenvalue weighted by Gasteiger charge is 2.35. The van der Waals surface area contributed by atoms with Gasteiger partial charge in [-0.3, -0.25) is 9.59 Å². The molecule has 2 aliphatic heterocycles. The predicted octanol–water partition coefficient (Wildman–Crippen LogP) is 3.07. The van der Waals surface area contributed by atoms with Gasteiger partial charge >= 0.3 is 0 Å². The topological polar surface area (TPSA) is 52.7 Å². The maximum atomic E-state index is 13.3. The van der Waals surface area contributed by atoms with E-state index in [4.69, 9.17) is 11.6 Å². The molecule has 3 rings (SSSR count). The van der Waals surface area contributed by atoms with E-state index in [2.05, 4.69) is 17.1 Å². The standard InChI is InChI=1S/C20H27ClFN3O2/c1-14-5-9-24(10-6-14)8-2-7-23-20(27)15-11-19(26)25(13-15)16-3-4-18(22)17(21)12-16/h3-4,12,14-15H,2,5-11,13H2,1H3,(H,23,27)/t15-/m1/s1. The summed E-state index contributed by atoms with van der Waals surface area (Å²) in [5, 5.41) is 2.93. The van der Waals surface area contributed by atoms with E-state index >= 15 is 0 Å². The first-order chi connectivity index (χ1) is 12.9. The van der Waals surface area contributed by atoms with Crippen LogP contribution in [0.4, 0.5) is 10.1 Å². The molecule has 2 amide bonds. The van der Waals surface area contributed by atoms with Gasteiger partial charge in [-0.15, -0.1) is 0 Å². The van der Waals surface area contributed by atoms with Crippen LogP contribution in [-0.2, 0) is 9.59 Å². The van der Waals surface area contributed by atoms with E-state index in [-0.39, 0.29) is 29.2 Å². The Morgan fingerprint density at radius 2 is 2.07 bits per heavy atom. The van der Waals surface area contributed by atoms with E-state index in [9.17, 15) is 14.0 Å². The van der Waals surface area contributed by atoms with Crippen molar-refractivity contribution in [2.45, 2.75) is 32.6 Å². The van der Waals surface area contributed by atoms with Gasteiger partial charge in [0, 0.05) is 25.2 Å². The number of piperidine rings is 1. The molecule has 0 aromatic heterocycles. The van der Waals surface area contributed by atoms with E-state index in [0.29, 0.717) is 18.8 Å². The zero-order chi connectivity index (χ0) is 19.4. The van der Waals surface area contributed by atoms with Crippen molar-refractivity contribution >= 4 is 29.1 Å². The van der Waals surface area contributed by atoms with Crippen LogP contribution in [0, 0.1) is 17.7 Å². The number of hydrogen-bond acceptors (Lipinski definition) is 3. The molecular formula is C20H27ClFN3O2. The Balaban J connectivity index is 1.43. The summed E-state index contributed by atoms with van der Waals surface area (Å²) in [4.78, 5) is 28.6. The van der Waals surface area contributed by atoms with Crippen LogP contribution in [0.5, 0.6) is 0 Å². The summed E-state index contributed by atoms with van der Waals surface area (Å²) in [5.41, 5.74) is 0.529. The molecule has 0 unspecified atom stereocenters. The second-order valence-corrected chi connectivity index (χ2v) is 8.08. The number of nitrogens with zero attached hydrogens (tertiary/aromatic N) is 2. The number of nitrogens with one attached hydrogen (secondary N) is 1. The lowest BCUT2D eigenvalue weighted by Crippen LogP contribution is -2.37. The van der Waals surface area contributed by atoms with Gasteiger partial charge in [-0.05, 0) is 63.0 Å². The van der Waals surface area contributed by atoms with Crippen molar-refractivity contribution in [3.63, 3.8) is 0 Å². The molecule has 2 fully saturated rings. The molecular weight excluding hydrogens is 369 g/mol. The zero-order valence-electron chi connectivity index (χ0n) is 15.7. The van der Waals surface area contributed by atoms with Crippen molar-refractivity contribution in [3.05, 3.63) is 29.0 Å². The quantitative estimate of drug-likeness (QED) is 0.753. The average Bonchev–Trinajstić information content (AvgIpc) is 3.04. The van der Waals surface area contributed by atoms with Crippen LogP contribution in [0.3, 0.4) is 0 Å². The number of halogens is 2. The second-order valence-electron chi connectivity index (χ2n) is 7.67. The average molecular weight is 396 g/mol. The summed E-state index contributed by atoms with van der Waals surface area (Å²) in [7, 11) is 0. The van der Waals surface area contributed by atoms with Crippen molar-refractivity contribution in [2.75, 3.05) is 37.6 Å². The van der Waals surface area contributed by atoms with Gasteiger partial charge in [-0.25, -0.2) is 4.39 Å². The molecule has 0 spiro atoms. The number of carbonyl (C=O) groups is 2. The molecule has 2 saturated heterocycles. The second kappa shape index (κ2) is 9.02. The summed E-state index contributed by atoms with van der Waals surface area (Å²) in [6, 6.07) is 4.17. The molecule has 2 heterocycles. The molecule has 1 N–H and O–H groups in total. The Morgan fingerprint density at radius 3 is 2.78 bits per heavy atom. The van der Waals surface area contributed by atoms with E-state index < -0.39 is 5.82 Å². The Kier molecular flexibility index (Phi) is 6.71. The number of benzene rings is 1. The van der Waals surface area contributed by atoms with Crippen molar-refractivity contribution in [2.24, 2.45) is 11.8 Å². The summed E-state index contributed by atoms with van der Waals surface area (Å²) < 4.78 is 13.3. The molecule has 1 aromatic carbocycles. The third-order valence-corrected chi connectivity index (χ3v) is 5.83. The van der Waals surface area contributed by atoms with Gasteiger partial charge in [0.25, 0.3) is 0 Å². The zero-order valence-corrected chi connectivity index (χ0v) is 16.5. The molecule has 5 nitrogen and oxygen atoms in total. The van der Waals surface area contributed by atoms with E-state index in [1.165, 1.54) is 35.9 Å². The SMILES string of the molecule is CC1CCN(CCCNC(=O)[C@@H]2CC(=O)N(c3ccc(F)c(Cl)c3)C2)CC1. The molecule has 148 valence electrons. The predicted molar refractivity (Wildman–Crippen MR) is 104 cm³/mol. The number of amides is 2. The van der Waals surface area contributed by atoms with Crippen LogP contribution in [0.2, 0.25) is 5.02 Å². The summed E-state index contributed by atoms with van der Waals surface area (Å²) >= 11 is 5.80. The first-order valence-electron chi connectivity index (χ1n) is 9.69. The summed E-state index contributed by atoms with van der Waals surface area (Å²) in [6.45, 7) is 6.50. The normalized spacial score (nSPS) is 21.7. The molecule has 1 atom stereocenters. The first-order valence-corrected chi connectivity index (χ1v) is 10.1. The van der Waals surface area contributed by atoms with Gasteiger partial charge in [0.15, 0.2) is 0 Å². The van der Waals surface area contributed by atoms with Crippen LogP contribution < -0.4 is 10.2 Å². The Hall–Kier alpha value is -1.66. The molecule has 0 bridgehead atoms. The highest BCUT2D eigenvalue weighted by atomic mass is 35.5. The Morgan fingerprint density at radius 1 is 1.33 bits per heavy atom. The van der Waals surface area contributed by atoms with Crippen molar-refractivity contribution in [3.8, 4) is 0 Å². The Labute approximate surface area is 164 Å². The van der Waals surface area contributed by atoms with Crippen molar-refractivity contribution in [1.29, 1.82) is 0 Å². The maximum Gasteiger partial charge on any atom is 0.227 e. The molecule has 0 radical (unpaired) electrons. The molecule has 0 saturated carbocycles. The summed E-state index contributed by atoms with van der Waals surface area (Å²) in [5.74, 6) is -0.312. The van der Waals surface area contributed by atoms with Gasteiger partial charge in [0.05, 0.1) is 10.9 Å². The molecule has 1 aromatic rings. The highest BCUT2D eigenvalue weighted by Crippen LogP contribution is 2.28. The van der Waals surface area contributed by atoms with Gasteiger partial charge < -0.3 is 15.1 Å². The number of hydrogen-bond donors (Lipinski definition) is 1. The number of anilines is 1. The smallest absolute Gasteiger partial charge is 0.227 e. The minimum absolute atomic E-state index is 0.0275. The fraction of sp³-hybridized carbons (Fsp3) is 0.600. The monoisotopic (exact) mass is 395 g/mol. The van der Waals surface area contributed by atoms with Crippen LogP contribution in [0.1, 0.15) is 32.6 Å². The van der Waals surface area contributed by atoms with E-state index in [1.807, 2.05) is 0 Å². The van der Waals surface area contributed by atoms with Crippen molar-refractivity contribution in [1.82, 2.24) is 10.2 Å². The maximum absolute atomic E-state index is 13.3. The number of likely N-dealkylation sites (tertiary alicyclic amines) is 1.